The van der Waals surface area contributed by atoms with Crippen LogP contribution in [0.15, 0.2) is 28.8 Å². The summed E-state index contributed by atoms with van der Waals surface area (Å²) in [6, 6.07) is 8.14. The number of hydrogen-bond acceptors (Lipinski definition) is 7. The van der Waals surface area contributed by atoms with Crippen molar-refractivity contribution in [2.75, 3.05) is 32.7 Å². The molecule has 0 radical (unpaired) electrons. The van der Waals surface area contributed by atoms with Crippen LogP contribution in [0, 0.1) is 19.8 Å². The number of piperazine rings is 1. The normalized spacial score (nSPS) is 14.9. The first-order valence-corrected chi connectivity index (χ1v) is 12.6. The van der Waals surface area contributed by atoms with Crippen molar-refractivity contribution in [3.63, 3.8) is 0 Å². The fourth-order valence-corrected chi connectivity index (χ4v) is 5.28. The number of hydrogen-bond donors (Lipinski definition) is 0. The van der Waals surface area contributed by atoms with Gasteiger partial charge in [-0.1, -0.05) is 48.8 Å². The standard InChI is InChI=1S/C25H33N5O2S/c1-17(2)16-22-26-19(4)23(33-22)25(31)30-14-12-29(13-15-30)11-5-6-21-27-24(28-32-21)20-9-7-18(3)8-10-20/h7-10,17H,5-6,11-16H2,1-4H3. The summed E-state index contributed by atoms with van der Waals surface area (Å²) in [4.78, 5) is 27.4. The van der Waals surface area contributed by atoms with Crippen molar-refractivity contribution in [1.29, 1.82) is 0 Å². The molecular formula is C25H33N5O2S. The lowest BCUT2D eigenvalue weighted by Crippen LogP contribution is -2.48. The van der Waals surface area contributed by atoms with Crippen LogP contribution in [-0.2, 0) is 12.8 Å². The maximum Gasteiger partial charge on any atom is 0.265 e. The molecule has 176 valence electrons. The lowest BCUT2D eigenvalue weighted by Gasteiger charge is -2.34. The van der Waals surface area contributed by atoms with Gasteiger partial charge in [0.1, 0.15) is 4.88 Å². The molecule has 0 unspecified atom stereocenters. The Morgan fingerprint density at radius 3 is 2.52 bits per heavy atom. The molecule has 3 aromatic rings. The number of thiazole rings is 1. The number of amides is 1. The Balaban J connectivity index is 1.22. The predicted octanol–water partition coefficient (Wildman–Crippen LogP) is 4.40. The molecule has 0 saturated carbocycles. The van der Waals surface area contributed by atoms with Gasteiger partial charge in [-0.15, -0.1) is 11.3 Å². The quantitative estimate of drug-likeness (QED) is 0.489. The molecule has 8 heteroatoms. The van der Waals surface area contributed by atoms with E-state index >= 15 is 0 Å². The number of aromatic nitrogens is 3. The van der Waals surface area contributed by atoms with E-state index in [1.54, 1.807) is 11.3 Å². The van der Waals surface area contributed by atoms with Gasteiger partial charge in [-0.3, -0.25) is 9.69 Å². The monoisotopic (exact) mass is 467 g/mol. The van der Waals surface area contributed by atoms with Crippen molar-refractivity contribution < 1.29 is 9.32 Å². The van der Waals surface area contributed by atoms with Crippen LogP contribution < -0.4 is 0 Å². The number of carbonyl (C=O) groups is 1. The third-order valence-electron chi connectivity index (χ3n) is 5.92. The predicted molar refractivity (Wildman–Crippen MR) is 131 cm³/mol. The van der Waals surface area contributed by atoms with Crippen molar-refractivity contribution in [2.45, 2.75) is 47.0 Å². The van der Waals surface area contributed by atoms with Crippen LogP contribution >= 0.6 is 11.3 Å². The highest BCUT2D eigenvalue weighted by Crippen LogP contribution is 2.23. The summed E-state index contributed by atoms with van der Waals surface area (Å²) in [5.74, 6) is 2.00. The van der Waals surface area contributed by atoms with E-state index in [-0.39, 0.29) is 5.91 Å². The number of nitrogens with zero attached hydrogens (tertiary/aromatic N) is 5. The molecule has 3 heterocycles. The van der Waals surface area contributed by atoms with Crippen molar-refractivity contribution in [3.05, 3.63) is 51.3 Å². The Hall–Kier alpha value is -2.58. The SMILES string of the molecule is Cc1ccc(-c2noc(CCCN3CCN(C(=O)c4sc(CC(C)C)nc4C)CC3)n2)cc1. The number of benzene rings is 1. The fourth-order valence-electron chi connectivity index (χ4n) is 4.04. The molecule has 0 spiro atoms. The topological polar surface area (TPSA) is 75.4 Å². The molecule has 1 fully saturated rings. The molecule has 1 aromatic carbocycles. The van der Waals surface area contributed by atoms with Crippen LogP contribution in [0.5, 0.6) is 0 Å². The maximum absolute atomic E-state index is 13.0. The smallest absolute Gasteiger partial charge is 0.265 e. The van der Waals surface area contributed by atoms with Crippen LogP contribution in [0.2, 0.25) is 0 Å². The van der Waals surface area contributed by atoms with Gasteiger partial charge in [-0.25, -0.2) is 4.98 Å². The van der Waals surface area contributed by atoms with E-state index in [1.807, 2.05) is 24.0 Å². The average molecular weight is 468 g/mol. The van der Waals surface area contributed by atoms with Gasteiger partial charge in [-0.05, 0) is 32.7 Å². The Bertz CT molecular complexity index is 1060. The summed E-state index contributed by atoms with van der Waals surface area (Å²) in [6.45, 7) is 12.6. The molecular weight excluding hydrogens is 434 g/mol. The van der Waals surface area contributed by atoms with Gasteiger partial charge < -0.3 is 9.42 Å². The third-order valence-corrected chi connectivity index (χ3v) is 7.09. The number of carbonyl (C=O) groups excluding carboxylic acids is 1. The first kappa shape index (κ1) is 23.6. The van der Waals surface area contributed by atoms with E-state index in [2.05, 4.69) is 52.9 Å². The minimum absolute atomic E-state index is 0.133. The highest BCUT2D eigenvalue weighted by molar-refractivity contribution is 7.13. The minimum atomic E-state index is 0.133. The van der Waals surface area contributed by atoms with Crippen LogP contribution in [0.1, 0.15) is 52.1 Å². The summed E-state index contributed by atoms with van der Waals surface area (Å²) in [5.41, 5.74) is 3.05. The van der Waals surface area contributed by atoms with Crippen LogP contribution in [0.3, 0.4) is 0 Å². The summed E-state index contributed by atoms with van der Waals surface area (Å²) >= 11 is 1.56. The molecule has 33 heavy (non-hydrogen) atoms. The average Bonchev–Trinajstić information content (AvgIpc) is 3.40. The van der Waals surface area contributed by atoms with Gasteiger partial charge in [0.05, 0.1) is 10.7 Å². The van der Waals surface area contributed by atoms with Gasteiger partial charge in [0, 0.05) is 44.6 Å². The maximum atomic E-state index is 13.0. The van der Waals surface area contributed by atoms with Crippen molar-refractivity contribution >= 4 is 17.2 Å². The molecule has 0 aliphatic carbocycles. The number of rotatable bonds is 8. The van der Waals surface area contributed by atoms with E-state index in [4.69, 9.17) is 4.52 Å². The van der Waals surface area contributed by atoms with E-state index in [0.717, 1.165) is 73.1 Å². The molecule has 1 saturated heterocycles. The molecule has 4 rings (SSSR count). The van der Waals surface area contributed by atoms with E-state index in [0.29, 0.717) is 17.6 Å². The van der Waals surface area contributed by atoms with E-state index in [9.17, 15) is 4.79 Å². The lowest BCUT2D eigenvalue weighted by molar-refractivity contribution is 0.0639. The lowest BCUT2D eigenvalue weighted by atomic mass is 10.1. The third kappa shape index (κ3) is 6.06. The highest BCUT2D eigenvalue weighted by Gasteiger charge is 2.25. The molecule has 1 aliphatic rings. The Kier molecular flexibility index (Phi) is 7.55. The fraction of sp³-hybridized carbons (Fsp3) is 0.520. The summed E-state index contributed by atoms with van der Waals surface area (Å²) in [5, 5.41) is 5.18. The first-order chi connectivity index (χ1) is 15.9. The minimum Gasteiger partial charge on any atom is -0.339 e. The van der Waals surface area contributed by atoms with Gasteiger partial charge in [0.15, 0.2) is 0 Å². The second kappa shape index (κ2) is 10.6. The van der Waals surface area contributed by atoms with Crippen molar-refractivity contribution in [3.8, 4) is 11.4 Å². The molecule has 1 aliphatic heterocycles. The van der Waals surface area contributed by atoms with Gasteiger partial charge in [0.2, 0.25) is 11.7 Å². The zero-order chi connectivity index (χ0) is 23.4. The molecule has 1 amide bonds. The molecule has 0 N–H and O–H groups in total. The summed E-state index contributed by atoms with van der Waals surface area (Å²) in [6.07, 6.45) is 2.64. The van der Waals surface area contributed by atoms with Gasteiger partial charge in [0.25, 0.3) is 5.91 Å². The van der Waals surface area contributed by atoms with Crippen LogP contribution in [-0.4, -0.2) is 63.6 Å². The van der Waals surface area contributed by atoms with E-state index < -0.39 is 0 Å². The van der Waals surface area contributed by atoms with Crippen LogP contribution in [0.25, 0.3) is 11.4 Å². The second-order valence-corrected chi connectivity index (χ2v) is 10.3. The zero-order valence-electron chi connectivity index (χ0n) is 20.0. The highest BCUT2D eigenvalue weighted by atomic mass is 32.1. The largest absolute Gasteiger partial charge is 0.339 e. The van der Waals surface area contributed by atoms with E-state index in [1.165, 1.54) is 5.56 Å². The summed E-state index contributed by atoms with van der Waals surface area (Å²) in [7, 11) is 0. The summed E-state index contributed by atoms with van der Waals surface area (Å²) < 4.78 is 5.44. The Labute approximate surface area is 199 Å². The second-order valence-electron chi connectivity index (χ2n) is 9.24. The van der Waals surface area contributed by atoms with Crippen molar-refractivity contribution in [2.24, 2.45) is 5.92 Å². The molecule has 2 aromatic heterocycles. The molecule has 0 bridgehead atoms. The zero-order valence-corrected chi connectivity index (χ0v) is 20.8. The van der Waals surface area contributed by atoms with Gasteiger partial charge in [-0.2, -0.15) is 4.98 Å². The van der Waals surface area contributed by atoms with Crippen molar-refractivity contribution in [1.82, 2.24) is 24.9 Å². The Morgan fingerprint density at radius 2 is 1.82 bits per heavy atom. The van der Waals surface area contributed by atoms with Gasteiger partial charge >= 0.3 is 0 Å². The van der Waals surface area contributed by atoms with Crippen LogP contribution in [0.4, 0.5) is 0 Å². The molecule has 7 nitrogen and oxygen atoms in total. The number of aryl methyl sites for hydroxylation is 3. The first-order valence-electron chi connectivity index (χ1n) is 11.8. The molecule has 0 atom stereocenters. The Morgan fingerprint density at radius 1 is 1.09 bits per heavy atom.